The third-order valence-corrected chi connectivity index (χ3v) is 3.14. The number of ether oxygens (including phenoxy) is 1. The Kier molecular flexibility index (Phi) is 2.66. The number of carbonyl (C=O) groups excluding carboxylic acids is 2. The molecule has 0 radical (unpaired) electrons. The molecule has 1 saturated heterocycles. The smallest absolute Gasteiger partial charge is 0.408 e. The van der Waals surface area contributed by atoms with E-state index >= 15 is 0 Å². The Morgan fingerprint density at radius 1 is 1.28 bits per heavy atom. The normalized spacial score (nSPS) is 26.3. The molecular weight excluding hydrogens is 232 g/mol. The first-order valence-corrected chi connectivity index (χ1v) is 6.06. The van der Waals surface area contributed by atoms with E-state index in [0.717, 1.165) is 18.4 Å². The molecule has 2 amide bonds. The van der Waals surface area contributed by atoms with Crippen molar-refractivity contribution in [2.75, 3.05) is 0 Å². The van der Waals surface area contributed by atoms with Crippen LogP contribution in [0.15, 0.2) is 30.3 Å². The van der Waals surface area contributed by atoms with Gasteiger partial charge in [-0.3, -0.25) is 4.79 Å². The molecule has 3 rings (SSSR count). The van der Waals surface area contributed by atoms with Gasteiger partial charge in [-0.25, -0.2) is 4.79 Å². The molecule has 94 valence electrons. The number of alkyl carbamates (subject to hydrolysis) is 1. The van der Waals surface area contributed by atoms with Crippen LogP contribution < -0.4 is 10.6 Å². The van der Waals surface area contributed by atoms with Crippen molar-refractivity contribution in [2.24, 2.45) is 0 Å². The van der Waals surface area contributed by atoms with Crippen LogP contribution in [0.25, 0.3) is 0 Å². The van der Waals surface area contributed by atoms with Crippen LogP contribution in [0.5, 0.6) is 0 Å². The monoisotopic (exact) mass is 246 g/mol. The highest BCUT2D eigenvalue weighted by atomic mass is 16.6. The first-order valence-electron chi connectivity index (χ1n) is 6.06. The molecule has 0 spiro atoms. The highest BCUT2D eigenvalue weighted by Crippen LogP contribution is 2.27. The SMILES string of the molecule is O=C1NC(C(=O)NC2CC2)C(c2ccccc2)O1. The second kappa shape index (κ2) is 4.33. The van der Waals surface area contributed by atoms with Crippen molar-refractivity contribution in [2.45, 2.75) is 31.0 Å². The second-order valence-electron chi connectivity index (χ2n) is 4.64. The quantitative estimate of drug-likeness (QED) is 0.839. The van der Waals surface area contributed by atoms with Crippen molar-refractivity contribution in [1.29, 1.82) is 0 Å². The Balaban J connectivity index is 1.78. The van der Waals surface area contributed by atoms with Crippen molar-refractivity contribution in [3.8, 4) is 0 Å². The zero-order chi connectivity index (χ0) is 12.5. The summed E-state index contributed by atoms with van der Waals surface area (Å²) in [6.45, 7) is 0. The van der Waals surface area contributed by atoms with E-state index in [1.165, 1.54) is 0 Å². The topological polar surface area (TPSA) is 67.4 Å². The summed E-state index contributed by atoms with van der Waals surface area (Å²) in [6.07, 6.45) is 0.948. The zero-order valence-electron chi connectivity index (χ0n) is 9.76. The molecule has 0 aromatic heterocycles. The van der Waals surface area contributed by atoms with E-state index in [1.807, 2.05) is 30.3 Å². The molecule has 5 nitrogen and oxygen atoms in total. The average molecular weight is 246 g/mol. The highest BCUT2D eigenvalue weighted by Gasteiger charge is 2.41. The molecule has 2 unspecified atom stereocenters. The first kappa shape index (κ1) is 11.1. The Morgan fingerprint density at radius 3 is 2.67 bits per heavy atom. The molecule has 1 heterocycles. The lowest BCUT2D eigenvalue weighted by atomic mass is 10.0. The van der Waals surface area contributed by atoms with E-state index in [4.69, 9.17) is 4.74 Å². The largest absolute Gasteiger partial charge is 0.439 e. The Labute approximate surface area is 105 Å². The molecule has 5 heteroatoms. The number of nitrogens with one attached hydrogen (secondary N) is 2. The van der Waals surface area contributed by atoms with Crippen molar-refractivity contribution < 1.29 is 14.3 Å². The van der Waals surface area contributed by atoms with Crippen LogP contribution in [0.2, 0.25) is 0 Å². The maximum absolute atomic E-state index is 12.0. The fourth-order valence-corrected chi connectivity index (χ4v) is 2.04. The van der Waals surface area contributed by atoms with Gasteiger partial charge >= 0.3 is 6.09 Å². The van der Waals surface area contributed by atoms with Crippen LogP contribution in [0, 0.1) is 0 Å². The maximum atomic E-state index is 12.0. The van der Waals surface area contributed by atoms with Gasteiger partial charge < -0.3 is 15.4 Å². The predicted octanol–water partition coefficient (Wildman–Crippen LogP) is 1.11. The average Bonchev–Trinajstić information content (AvgIpc) is 3.10. The van der Waals surface area contributed by atoms with E-state index < -0.39 is 18.2 Å². The fraction of sp³-hybridized carbons (Fsp3) is 0.385. The lowest BCUT2D eigenvalue weighted by Gasteiger charge is -2.16. The third kappa shape index (κ3) is 2.16. The number of hydrogen-bond acceptors (Lipinski definition) is 3. The third-order valence-electron chi connectivity index (χ3n) is 3.14. The molecule has 1 saturated carbocycles. The van der Waals surface area contributed by atoms with Crippen LogP contribution in [0.1, 0.15) is 24.5 Å². The standard InChI is InChI=1S/C13H14N2O3/c16-12(14-9-6-7-9)10-11(18-13(17)15-10)8-4-2-1-3-5-8/h1-5,9-11H,6-7H2,(H,14,16)(H,15,17). The number of hydrogen-bond donors (Lipinski definition) is 2. The zero-order valence-corrected chi connectivity index (χ0v) is 9.76. The molecule has 0 bridgehead atoms. The molecule has 1 aromatic carbocycles. The highest BCUT2D eigenvalue weighted by molar-refractivity contribution is 5.89. The number of cyclic esters (lactones) is 1. The molecule has 1 aliphatic carbocycles. The van der Waals surface area contributed by atoms with Gasteiger partial charge in [-0.15, -0.1) is 0 Å². The van der Waals surface area contributed by atoms with E-state index in [2.05, 4.69) is 10.6 Å². The van der Waals surface area contributed by atoms with Crippen molar-refractivity contribution in [3.63, 3.8) is 0 Å². The van der Waals surface area contributed by atoms with Gasteiger partial charge in [-0.05, 0) is 18.4 Å². The van der Waals surface area contributed by atoms with Crippen molar-refractivity contribution in [3.05, 3.63) is 35.9 Å². The summed E-state index contributed by atoms with van der Waals surface area (Å²) in [5.74, 6) is -0.169. The minimum absolute atomic E-state index is 0.169. The Hall–Kier alpha value is -2.04. The maximum Gasteiger partial charge on any atom is 0.408 e. The molecule has 18 heavy (non-hydrogen) atoms. The molecule has 2 N–H and O–H groups in total. The van der Waals surface area contributed by atoms with Gasteiger partial charge in [0, 0.05) is 6.04 Å². The lowest BCUT2D eigenvalue weighted by Crippen LogP contribution is -2.44. The molecule has 2 aliphatic rings. The first-order chi connectivity index (χ1) is 8.74. The summed E-state index contributed by atoms with van der Waals surface area (Å²) < 4.78 is 5.17. The fourth-order valence-electron chi connectivity index (χ4n) is 2.04. The van der Waals surface area contributed by atoms with Gasteiger partial charge in [-0.2, -0.15) is 0 Å². The number of rotatable bonds is 3. The molecule has 1 aromatic rings. The summed E-state index contributed by atoms with van der Waals surface area (Å²) in [5, 5.41) is 5.44. The van der Waals surface area contributed by atoms with Gasteiger partial charge in [0.1, 0.15) is 0 Å². The van der Waals surface area contributed by atoms with Gasteiger partial charge in [0.05, 0.1) is 0 Å². The van der Waals surface area contributed by atoms with Crippen LogP contribution in [0.4, 0.5) is 4.79 Å². The molecule has 2 fully saturated rings. The minimum Gasteiger partial charge on any atom is -0.439 e. The summed E-state index contributed by atoms with van der Waals surface area (Å²) >= 11 is 0. The van der Waals surface area contributed by atoms with Gasteiger partial charge in [0.25, 0.3) is 0 Å². The van der Waals surface area contributed by atoms with Crippen LogP contribution in [-0.2, 0) is 9.53 Å². The molecule has 2 atom stereocenters. The number of carbonyl (C=O) groups is 2. The van der Waals surface area contributed by atoms with Gasteiger partial charge in [-0.1, -0.05) is 30.3 Å². The summed E-state index contributed by atoms with van der Waals surface area (Å²) in [4.78, 5) is 23.3. The number of amides is 2. The van der Waals surface area contributed by atoms with Gasteiger partial charge in [0.2, 0.25) is 5.91 Å². The van der Waals surface area contributed by atoms with Crippen LogP contribution in [-0.4, -0.2) is 24.1 Å². The van der Waals surface area contributed by atoms with Crippen molar-refractivity contribution >= 4 is 12.0 Å². The summed E-state index contributed by atoms with van der Waals surface area (Å²) in [5.41, 5.74) is 0.826. The van der Waals surface area contributed by atoms with Crippen LogP contribution in [0.3, 0.4) is 0 Å². The Bertz CT molecular complexity index is 470. The molecule has 1 aliphatic heterocycles. The Morgan fingerprint density at radius 2 is 2.00 bits per heavy atom. The van der Waals surface area contributed by atoms with Crippen molar-refractivity contribution in [1.82, 2.24) is 10.6 Å². The summed E-state index contributed by atoms with van der Waals surface area (Å²) in [7, 11) is 0. The van der Waals surface area contributed by atoms with Crippen LogP contribution >= 0.6 is 0 Å². The van der Waals surface area contributed by atoms with E-state index in [1.54, 1.807) is 0 Å². The van der Waals surface area contributed by atoms with E-state index in [0.29, 0.717) is 0 Å². The second-order valence-corrected chi connectivity index (χ2v) is 4.64. The van der Waals surface area contributed by atoms with Gasteiger partial charge in [0.15, 0.2) is 12.1 Å². The van der Waals surface area contributed by atoms with E-state index in [9.17, 15) is 9.59 Å². The molecular formula is C13H14N2O3. The lowest BCUT2D eigenvalue weighted by molar-refractivity contribution is -0.124. The number of benzene rings is 1. The summed E-state index contributed by atoms with van der Waals surface area (Å²) in [6, 6.07) is 8.93. The minimum atomic E-state index is -0.638. The predicted molar refractivity (Wildman–Crippen MR) is 63.8 cm³/mol. The van der Waals surface area contributed by atoms with E-state index in [-0.39, 0.29) is 11.9 Å².